The molecule has 1 fully saturated rings. The summed E-state index contributed by atoms with van der Waals surface area (Å²) in [6, 6.07) is 5.95. The van der Waals surface area contributed by atoms with Crippen LogP contribution in [0.25, 0.3) is 0 Å². The highest BCUT2D eigenvalue weighted by Crippen LogP contribution is 2.31. The summed E-state index contributed by atoms with van der Waals surface area (Å²) in [5.74, 6) is 0.720. The van der Waals surface area contributed by atoms with Crippen molar-refractivity contribution >= 4 is 10.0 Å². The molecule has 0 unspecified atom stereocenters. The smallest absolute Gasteiger partial charge is 0.243 e. The van der Waals surface area contributed by atoms with Gasteiger partial charge < -0.3 is 5.11 Å². The highest BCUT2D eigenvalue weighted by molar-refractivity contribution is 7.89. The van der Waals surface area contributed by atoms with Crippen molar-refractivity contribution in [2.24, 2.45) is 5.92 Å². The van der Waals surface area contributed by atoms with Crippen LogP contribution in [0, 0.1) is 5.92 Å². The molecule has 1 aliphatic rings. The van der Waals surface area contributed by atoms with Gasteiger partial charge in [0.05, 0.1) is 4.90 Å². The lowest BCUT2D eigenvalue weighted by Crippen LogP contribution is -2.39. The maximum atomic E-state index is 12.5. The Kier molecular flexibility index (Phi) is 4.70. The first kappa shape index (κ1) is 15.3. The van der Waals surface area contributed by atoms with Gasteiger partial charge in [-0.15, -0.1) is 0 Å². The molecule has 0 aromatic heterocycles. The highest BCUT2D eigenvalue weighted by atomic mass is 32.2. The third-order valence-electron chi connectivity index (χ3n) is 4.40. The van der Waals surface area contributed by atoms with E-state index < -0.39 is 10.0 Å². The van der Waals surface area contributed by atoms with Gasteiger partial charge in [0.25, 0.3) is 0 Å². The molecule has 112 valence electrons. The standard InChI is InChI=1S/C15H23NO3S/c1-3-12-7-9-13(10-8-12)16(2)20(18,19)15-6-4-5-14(17)11-15/h4-6,11-13,17H,3,7-10H2,1-2H3. The summed E-state index contributed by atoms with van der Waals surface area (Å²) in [7, 11) is -1.86. The Balaban J connectivity index is 2.14. The zero-order valence-electron chi connectivity index (χ0n) is 12.1. The molecule has 4 nitrogen and oxygen atoms in total. The maximum Gasteiger partial charge on any atom is 0.243 e. The van der Waals surface area contributed by atoms with Gasteiger partial charge in [-0.05, 0) is 49.8 Å². The van der Waals surface area contributed by atoms with E-state index in [1.165, 1.54) is 28.9 Å². The lowest BCUT2D eigenvalue weighted by atomic mass is 9.85. The minimum absolute atomic E-state index is 0.0193. The zero-order chi connectivity index (χ0) is 14.8. The predicted octanol–water partition coefficient (Wildman–Crippen LogP) is 2.98. The number of rotatable bonds is 4. The van der Waals surface area contributed by atoms with Crippen molar-refractivity contribution in [2.75, 3.05) is 7.05 Å². The van der Waals surface area contributed by atoms with Gasteiger partial charge in [0.2, 0.25) is 10.0 Å². The summed E-state index contributed by atoms with van der Waals surface area (Å²) in [6.07, 6.45) is 5.22. The fourth-order valence-corrected chi connectivity index (χ4v) is 4.38. The van der Waals surface area contributed by atoms with Gasteiger partial charge in [-0.25, -0.2) is 8.42 Å². The summed E-state index contributed by atoms with van der Waals surface area (Å²) in [6.45, 7) is 2.19. The quantitative estimate of drug-likeness (QED) is 0.929. The summed E-state index contributed by atoms with van der Waals surface area (Å²) >= 11 is 0. The van der Waals surface area contributed by atoms with Gasteiger partial charge in [0, 0.05) is 13.1 Å². The molecule has 0 heterocycles. The van der Waals surface area contributed by atoms with Crippen molar-refractivity contribution in [2.45, 2.75) is 50.0 Å². The number of aromatic hydroxyl groups is 1. The molecule has 1 N–H and O–H groups in total. The van der Waals surface area contributed by atoms with E-state index in [2.05, 4.69) is 6.92 Å². The number of hydrogen-bond donors (Lipinski definition) is 1. The topological polar surface area (TPSA) is 57.6 Å². The number of phenols is 1. The Morgan fingerprint density at radius 2 is 1.90 bits per heavy atom. The van der Waals surface area contributed by atoms with Crippen LogP contribution in [0.3, 0.4) is 0 Å². The zero-order valence-corrected chi connectivity index (χ0v) is 12.9. The molecular formula is C15H23NO3S. The van der Waals surface area contributed by atoms with Gasteiger partial charge in [-0.3, -0.25) is 0 Å². The average molecular weight is 297 g/mol. The molecule has 0 saturated heterocycles. The third kappa shape index (κ3) is 3.15. The molecule has 5 heteroatoms. The first-order valence-corrected chi connectivity index (χ1v) is 8.66. The average Bonchev–Trinajstić information content (AvgIpc) is 2.46. The van der Waals surface area contributed by atoms with Gasteiger partial charge in [-0.2, -0.15) is 4.31 Å². The first-order valence-electron chi connectivity index (χ1n) is 7.22. The maximum absolute atomic E-state index is 12.5. The van der Waals surface area contributed by atoms with E-state index in [1.807, 2.05) is 0 Å². The minimum Gasteiger partial charge on any atom is -0.508 e. The van der Waals surface area contributed by atoms with E-state index in [-0.39, 0.29) is 16.7 Å². The Hall–Kier alpha value is -1.07. The molecular weight excluding hydrogens is 274 g/mol. The number of benzene rings is 1. The van der Waals surface area contributed by atoms with Crippen LogP contribution in [0.4, 0.5) is 0 Å². The molecule has 1 aliphatic carbocycles. The molecule has 0 bridgehead atoms. The Labute approximate surface area is 121 Å². The van der Waals surface area contributed by atoms with Crippen LogP contribution < -0.4 is 0 Å². The van der Waals surface area contributed by atoms with Crippen LogP contribution >= 0.6 is 0 Å². The molecule has 1 saturated carbocycles. The Morgan fingerprint density at radius 3 is 2.45 bits per heavy atom. The lowest BCUT2D eigenvalue weighted by molar-refractivity contribution is 0.233. The summed E-state index contributed by atoms with van der Waals surface area (Å²) < 4.78 is 26.6. The lowest BCUT2D eigenvalue weighted by Gasteiger charge is -2.33. The molecule has 20 heavy (non-hydrogen) atoms. The largest absolute Gasteiger partial charge is 0.508 e. The second kappa shape index (κ2) is 6.14. The number of nitrogens with zero attached hydrogens (tertiary/aromatic N) is 1. The Morgan fingerprint density at radius 1 is 1.25 bits per heavy atom. The number of sulfonamides is 1. The van der Waals surface area contributed by atoms with Gasteiger partial charge in [-0.1, -0.05) is 19.4 Å². The van der Waals surface area contributed by atoms with E-state index in [1.54, 1.807) is 13.1 Å². The van der Waals surface area contributed by atoms with Crippen LogP contribution in [-0.2, 0) is 10.0 Å². The van der Waals surface area contributed by atoms with E-state index in [0.717, 1.165) is 31.6 Å². The summed E-state index contributed by atoms with van der Waals surface area (Å²) in [5, 5.41) is 9.45. The van der Waals surface area contributed by atoms with Crippen molar-refractivity contribution < 1.29 is 13.5 Å². The number of hydrogen-bond acceptors (Lipinski definition) is 3. The van der Waals surface area contributed by atoms with E-state index >= 15 is 0 Å². The molecule has 0 amide bonds. The molecule has 0 spiro atoms. The van der Waals surface area contributed by atoms with Crippen molar-refractivity contribution in [3.63, 3.8) is 0 Å². The fraction of sp³-hybridized carbons (Fsp3) is 0.600. The second-order valence-corrected chi connectivity index (χ2v) is 7.60. The predicted molar refractivity (Wildman–Crippen MR) is 79.1 cm³/mol. The van der Waals surface area contributed by atoms with E-state index in [4.69, 9.17) is 0 Å². The molecule has 0 aliphatic heterocycles. The molecule has 1 aromatic rings. The molecule has 2 rings (SSSR count). The first-order chi connectivity index (χ1) is 9.45. The highest BCUT2D eigenvalue weighted by Gasteiger charge is 2.31. The van der Waals surface area contributed by atoms with Crippen molar-refractivity contribution in [3.05, 3.63) is 24.3 Å². The van der Waals surface area contributed by atoms with Gasteiger partial charge in [0.15, 0.2) is 0 Å². The van der Waals surface area contributed by atoms with E-state index in [0.29, 0.717) is 0 Å². The van der Waals surface area contributed by atoms with Gasteiger partial charge in [0.1, 0.15) is 5.75 Å². The Bertz CT molecular complexity index is 548. The molecule has 1 aromatic carbocycles. The fourth-order valence-electron chi connectivity index (χ4n) is 2.92. The summed E-state index contributed by atoms with van der Waals surface area (Å²) in [5.41, 5.74) is 0. The van der Waals surface area contributed by atoms with Gasteiger partial charge >= 0.3 is 0 Å². The van der Waals surface area contributed by atoms with Crippen LogP contribution in [0.5, 0.6) is 5.75 Å². The molecule has 0 atom stereocenters. The normalized spacial score (nSPS) is 23.9. The summed E-state index contributed by atoms with van der Waals surface area (Å²) in [4.78, 5) is 0.164. The van der Waals surface area contributed by atoms with E-state index in [9.17, 15) is 13.5 Å². The second-order valence-electron chi connectivity index (χ2n) is 5.60. The third-order valence-corrected chi connectivity index (χ3v) is 6.31. The van der Waals surface area contributed by atoms with Crippen LogP contribution in [0.1, 0.15) is 39.0 Å². The van der Waals surface area contributed by atoms with Crippen molar-refractivity contribution in [3.8, 4) is 5.75 Å². The number of phenolic OH excluding ortho intramolecular Hbond substituents is 1. The SMILES string of the molecule is CCC1CCC(N(C)S(=O)(=O)c2cccc(O)c2)CC1. The van der Waals surface area contributed by atoms with Crippen molar-refractivity contribution in [1.29, 1.82) is 0 Å². The molecule has 0 radical (unpaired) electrons. The van der Waals surface area contributed by atoms with Crippen LogP contribution in [0.15, 0.2) is 29.2 Å². The minimum atomic E-state index is -3.51. The monoisotopic (exact) mass is 297 g/mol. The van der Waals surface area contributed by atoms with Crippen LogP contribution in [0.2, 0.25) is 0 Å². The van der Waals surface area contributed by atoms with Crippen LogP contribution in [-0.4, -0.2) is 30.9 Å². The van der Waals surface area contributed by atoms with Crippen molar-refractivity contribution in [1.82, 2.24) is 4.31 Å².